The number of rotatable bonds is 4. The van der Waals surface area contributed by atoms with Crippen molar-refractivity contribution in [2.24, 2.45) is 5.10 Å². The van der Waals surface area contributed by atoms with Gasteiger partial charge in [-0.3, -0.25) is 4.79 Å². The SMILES string of the molecule is COc1ccc(/C=N\NC(=O)C2c3ccccc3-c3ccccc32)cc1. The largest absolute Gasteiger partial charge is 0.497 e. The Labute approximate surface area is 152 Å². The molecule has 0 unspecified atom stereocenters. The summed E-state index contributed by atoms with van der Waals surface area (Å²) in [5.74, 6) is 0.313. The third-order valence-corrected chi connectivity index (χ3v) is 4.60. The van der Waals surface area contributed by atoms with Gasteiger partial charge in [0.2, 0.25) is 0 Å². The molecule has 0 heterocycles. The number of amides is 1. The highest BCUT2D eigenvalue weighted by atomic mass is 16.5. The van der Waals surface area contributed by atoms with Crippen molar-refractivity contribution in [2.75, 3.05) is 7.11 Å². The fourth-order valence-corrected chi connectivity index (χ4v) is 3.36. The zero-order valence-corrected chi connectivity index (χ0v) is 14.3. The van der Waals surface area contributed by atoms with Crippen molar-refractivity contribution >= 4 is 12.1 Å². The van der Waals surface area contributed by atoms with E-state index in [4.69, 9.17) is 4.74 Å². The molecular formula is C22H18N2O2. The van der Waals surface area contributed by atoms with Crippen LogP contribution in [0.2, 0.25) is 0 Å². The van der Waals surface area contributed by atoms with Gasteiger partial charge in [0.05, 0.1) is 19.2 Å². The average molecular weight is 342 g/mol. The van der Waals surface area contributed by atoms with Crippen molar-refractivity contribution in [1.82, 2.24) is 5.43 Å². The third kappa shape index (κ3) is 2.86. The molecule has 128 valence electrons. The van der Waals surface area contributed by atoms with Gasteiger partial charge in [0.15, 0.2) is 0 Å². The number of carbonyl (C=O) groups is 1. The molecule has 1 N–H and O–H groups in total. The van der Waals surface area contributed by atoms with E-state index in [0.717, 1.165) is 33.6 Å². The minimum Gasteiger partial charge on any atom is -0.497 e. The van der Waals surface area contributed by atoms with Crippen molar-refractivity contribution in [3.63, 3.8) is 0 Å². The van der Waals surface area contributed by atoms with Crippen LogP contribution < -0.4 is 10.2 Å². The first kappa shape index (κ1) is 16.1. The molecule has 3 aromatic rings. The lowest BCUT2D eigenvalue weighted by Gasteiger charge is -2.11. The summed E-state index contributed by atoms with van der Waals surface area (Å²) < 4.78 is 5.13. The number of ether oxygens (including phenoxy) is 1. The third-order valence-electron chi connectivity index (χ3n) is 4.60. The summed E-state index contributed by atoms with van der Waals surface area (Å²) in [5.41, 5.74) is 7.84. The Hall–Kier alpha value is -3.40. The predicted molar refractivity (Wildman–Crippen MR) is 102 cm³/mol. The molecule has 0 radical (unpaired) electrons. The maximum atomic E-state index is 12.8. The van der Waals surface area contributed by atoms with Crippen LogP contribution in [0.15, 0.2) is 77.9 Å². The molecule has 26 heavy (non-hydrogen) atoms. The molecule has 0 aliphatic heterocycles. The van der Waals surface area contributed by atoms with Gasteiger partial charge in [-0.1, -0.05) is 48.5 Å². The fourth-order valence-electron chi connectivity index (χ4n) is 3.36. The van der Waals surface area contributed by atoms with Crippen LogP contribution in [0.4, 0.5) is 0 Å². The number of carbonyl (C=O) groups excluding carboxylic acids is 1. The van der Waals surface area contributed by atoms with Crippen LogP contribution in [-0.4, -0.2) is 19.2 Å². The molecule has 0 bridgehead atoms. The molecule has 4 rings (SSSR count). The molecule has 0 saturated heterocycles. The van der Waals surface area contributed by atoms with E-state index >= 15 is 0 Å². The molecule has 0 spiro atoms. The van der Waals surface area contributed by atoms with Gasteiger partial charge in [-0.15, -0.1) is 0 Å². The highest BCUT2D eigenvalue weighted by molar-refractivity contribution is 5.96. The lowest BCUT2D eigenvalue weighted by Crippen LogP contribution is -2.25. The number of fused-ring (bicyclic) bond motifs is 3. The highest BCUT2D eigenvalue weighted by Gasteiger charge is 2.33. The molecule has 4 heteroatoms. The van der Waals surface area contributed by atoms with Gasteiger partial charge in [0.25, 0.3) is 5.91 Å². The van der Waals surface area contributed by atoms with Crippen LogP contribution in [0.1, 0.15) is 22.6 Å². The number of nitrogens with zero attached hydrogens (tertiary/aromatic N) is 1. The Morgan fingerprint density at radius 2 is 1.50 bits per heavy atom. The van der Waals surface area contributed by atoms with E-state index in [1.54, 1.807) is 13.3 Å². The Kier molecular flexibility index (Phi) is 4.23. The number of methoxy groups -OCH3 is 1. The van der Waals surface area contributed by atoms with Crippen LogP contribution in [0.3, 0.4) is 0 Å². The lowest BCUT2D eigenvalue weighted by atomic mass is 9.96. The van der Waals surface area contributed by atoms with Gasteiger partial charge in [0.1, 0.15) is 5.75 Å². The number of benzene rings is 3. The van der Waals surface area contributed by atoms with Crippen LogP contribution >= 0.6 is 0 Å². The number of nitrogens with one attached hydrogen (secondary N) is 1. The molecule has 4 nitrogen and oxygen atoms in total. The van der Waals surface area contributed by atoms with Crippen molar-refractivity contribution in [2.45, 2.75) is 5.92 Å². The normalized spacial score (nSPS) is 12.7. The van der Waals surface area contributed by atoms with Crippen molar-refractivity contribution in [3.05, 3.63) is 89.5 Å². The predicted octanol–water partition coefficient (Wildman–Crippen LogP) is 3.96. The first-order valence-corrected chi connectivity index (χ1v) is 8.43. The minimum absolute atomic E-state index is 0.132. The number of hydrogen-bond acceptors (Lipinski definition) is 3. The zero-order chi connectivity index (χ0) is 17.9. The van der Waals surface area contributed by atoms with Crippen LogP contribution in [0.5, 0.6) is 5.75 Å². The maximum Gasteiger partial charge on any atom is 0.252 e. The average Bonchev–Trinajstić information content (AvgIpc) is 3.03. The van der Waals surface area contributed by atoms with Crippen LogP contribution in [-0.2, 0) is 4.79 Å². The summed E-state index contributed by atoms with van der Waals surface area (Å²) in [5, 5.41) is 4.12. The molecule has 0 saturated carbocycles. The van der Waals surface area contributed by atoms with E-state index in [1.165, 1.54) is 0 Å². The van der Waals surface area contributed by atoms with Gasteiger partial charge >= 0.3 is 0 Å². The molecular weight excluding hydrogens is 324 g/mol. The zero-order valence-electron chi connectivity index (χ0n) is 14.3. The van der Waals surface area contributed by atoms with Gasteiger partial charge in [-0.2, -0.15) is 5.10 Å². The number of hydrogen-bond donors (Lipinski definition) is 1. The molecule has 0 atom stereocenters. The minimum atomic E-state index is -0.338. The monoisotopic (exact) mass is 342 g/mol. The highest BCUT2D eigenvalue weighted by Crippen LogP contribution is 2.44. The van der Waals surface area contributed by atoms with Crippen LogP contribution in [0.25, 0.3) is 11.1 Å². The van der Waals surface area contributed by atoms with Gasteiger partial charge in [-0.25, -0.2) is 5.43 Å². The second kappa shape index (κ2) is 6.84. The van der Waals surface area contributed by atoms with E-state index in [2.05, 4.69) is 22.7 Å². The van der Waals surface area contributed by atoms with Crippen molar-refractivity contribution in [1.29, 1.82) is 0 Å². The standard InChI is InChI=1S/C22H18N2O2/c1-26-16-12-10-15(11-13-16)14-23-24-22(25)21-19-8-4-2-6-17(19)18-7-3-5-9-20(18)21/h2-14,21H,1H3,(H,24,25)/b23-14-. The van der Waals surface area contributed by atoms with Crippen molar-refractivity contribution < 1.29 is 9.53 Å². The molecule has 3 aromatic carbocycles. The first-order valence-electron chi connectivity index (χ1n) is 8.43. The summed E-state index contributed by atoms with van der Waals surface area (Å²) in [7, 11) is 1.63. The maximum absolute atomic E-state index is 12.8. The molecule has 0 aromatic heterocycles. The summed E-state index contributed by atoms with van der Waals surface area (Å²) in [6.07, 6.45) is 1.63. The quantitative estimate of drug-likeness (QED) is 0.576. The smallest absolute Gasteiger partial charge is 0.252 e. The fraction of sp³-hybridized carbons (Fsp3) is 0.0909. The lowest BCUT2D eigenvalue weighted by molar-refractivity contribution is -0.121. The second-order valence-electron chi connectivity index (χ2n) is 6.11. The molecule has 1 amide bonds. The Balaban J connectivity index is 1.55. The van der Waals surface area contributed by atoms with Crippen molar-refractivity contribution in [3.8, 4) is 16.9 Å². The molecule has 0 fully saturated rings. The summed E-state index contributed by atoms with van der Waals surface area (Å²) in [6.45, 7) is 0. The summed E-state index contributed by atoms with van der Waals surface area (Å²) >= 11 is 0. The van der Waals surface area contributed by atoms with E-state index in [0.29, 0.717) is 0 Å². The molecule has 1 aliphatic rings. The van der Waals surface area contributed by atoms with Gasteiger partial charge in [-0.05, 0) is 52.1 Å². The summed E-state index contributed by atoms with van der Waals surface area (Å²) in [6, 6.07) is 23.5. The van der Waals surface area contributed by atoms with Crippen LogP contribution in [0, 0.1) is 0 Å². The van der Waals surface area contributed by atoms with E-state index in [-0.39, 0.29) is 11.8 Å². The van der Waals surface area contributed by atoms with E-state index in [9.17, 15) is 4.79 Å². The van der Waals surface area contributed by atoms with E-state index in [1.807, 2.05) is 60.7 Å². The topological polar surface area (TPSA) is 50.7 Å². The second-order valence-corrected chi connectivity index (χ2v) is 6.11. The first-order chi connectivity index (χ1) is 12.8. The van der Waals surface area contributed by atoms with Gasteiger partial charge in [0, 0.05) is 0 Å². The van der Waals surface area contributed by atoms with Gasteiger partial charge < -0.3 is 4.74 Å². The Morgan fingerprint density at radius 1 is 0.923 bits per heavy atom. The van der Waals surface area contributed by atoms with E-state index < -0.39 is 0 Å². The summed E-state index contributed by atoms with van der Waals surface area (Å²) in [4.78, 5) is 12.8. The Morgan fingerprint density at radius 3 is 2.08 bits per heavy atom. The number of hydrazone groups is 1. The molecule has 1 aliphatic carbocycles. The Bertz CT molecular complexity index is 932.